The zero-order valence-corrected chi connectivity index (χ0v) is 12.2. The number of nitrogens with zero attached hydrogens (tertiary/aromatic N) is 1. The quantitative estimate of drug-likeness (QED) is 0.818. The van der Waals surface area contributed by atoms with Crippen molar-refractivity contribution in [3.63, 3.8) is 0 Å². The second-order valence-electron chi connectivity index (χ2n) is 6.22. The van der Waals surface area contributed by atoms with Gasteiger partial charge in [-0.15, -0.1) is 0 Å². The second-order valence-corrected chi connectivity index (χ2v) is 6.22. The predicted molar refractivity (Wildman–Crippen MR) is 78.4 cm³/mol. The molecule has 0 aliphatic heterocycles. The summed E-state index contributed by atoms with van der Waals surface area (Å²) in [6.45, 7) is 4.34. The highest BCUT2D eigenvalue weighted by Crippen LogP contribution is 2.35. The summed E-state index contributed by atoms with van der Waals surface area (Å²) in [6.07, 6.45) is 5.97. The van der Waals surface area contributed by atoms with Crippen LogP contribution >= 0.6 is 0 Å². The average Bonchev–Trinajstić information content (AvgIpc) is 2.70. The Kier molecular flexibility index (Phi) is 3.36. The Balaban J connectivity index is 2.03. The number of nitrogens with one attached hydrogen (secondary N) is 1. The number of aryl methyl sites for hydroxylation is 1. The van der Waals surface area contributed by atoms with Crippen LogP contribution in [0.1, 0.15) is 55.6 Å². The van der Waals surface area contributed by atoms with E-state index >= 15 is 0 Å². The van der Waals surface area contributed by atoms with Gasteiger partial charge in [0.15, 0.2) is 0 Å². The molecule has 1 N–H and O–H groups in total. The second kappa shape index (κ2) is 5.04. The van der Waals surface area contributed by atoms with Crippen LogP contribution in [0.25, 0.3) is 0 Å². The number of halogens is 1. The third-order valence-electron chi connectivity index (χ3n) is 4.46. The van der Waals surface area contributed by atoms with Gasteiger partial charge in [0.1, 0.15) is 5.82 Å². The van der Waals surface area contributed by atoms with Crippen molar-refractivity contribution in [2.45, 2.75) is 51.4 Å². The fraction of sp³-hybridized carbons (Fsp3) is 0.471. The minimum absolute atomic E-state index is 0.189. The monoisotopic (exact) mass is 272 g/mol. The van der Waals surface area contributed by atoms with E-state index in [9.17, 15) is 4.39 Å². The van der Waals surface area contributed by atoms with Gasteiger partial charge in [-0.2, -0.15) is 5.10 Å². The average molecular weight is 272 g/mol. The van der Waals surface area contributed by atoms with Crippen molar-refractivity contribution in [3.05, 3.63) is 52.6 Å². The van der Waals surface area contributed by atoms with Crippen LogP contribution < -0.4 is 0 Å². The number of aromatic amines is 1. The molecule has 0 fully saturated rings. The Hall–Kier alpha value is -1.64. The van der Waals surface area contributed by atoms with Crippen LogP contribution in [-0.4, -0.2) is 10.2 Å². The lowest BCUT2D eigenvalue weighted by molar-refractivity contribution is 0.592. The summed E-state index contributed by atoms with van der Waals surface area (Å²) in [4.78, 5) is 0. The number of aromatic nitrogens is 2. The molecule has 0 amide bonds. The lowest BCUT2D eigenvalue weighted by Crippen LogP contribution is -2.21. The first-order chi connectivity index (χ1) is 9.59. The summed E-state index contributed by atoms with van der Waals surface area (Å²) in [5, 5.41) is 7.82. The molecule has 106 valence electrons. The van der Waals surface area contributed by atoms with Crippen molar-refractivity contribution in [2.24, 2.45) is 0 Å². The van der Waals surface area contributed by atoms with E-state index in [1.807, 2.05) is 12.1 Å². The molecule has 0 spiro atoms. The van der Waals surface area contributed by atoms with Crippen LogP contribution in [0.2, 0.25) is 0 Å². The van der Waals surface area contributed by atoms with E-state index in [0.29, 0.717) is 0 Å². The number of hydrogen-bond acceptors (Lipinski definition) is 1. The molecule has 0 bridgehead atoms. The molecule has 1 aliphatic carbocycles. The zero-order chi connectivity index (χ0) is 14.2. The lowest BCUT2D eigenvalue weighted by atomic mass is 9.79. The van der Waals surface area contributed by atoms with Gasteiger partial charge in [0.05, 0.1) is 5.69 Å². The van der Waals surface area contributed by atoms with Crippen molar-refractivity contribution >= 4 is 0 Å². The molecule has 2 aromatic rings. The fourth-order valence-electron chi connectivity index (χ4n) is 3.18. The molecule has 0 radical (unpaired) electrons. The number of hydrogen-bond donors (Lipinski definition) is 1. The van der Waals surface area contributed by atoms with E-state index in [0.717, 1.165) is 24.1 Å². The molecule has 0 unspecified atom stereocenters. The van der Waals surface area contributed by atoms with Crippen LogP contribution in [-0.2, 0) is 18.3 Å². The van der Waals surface area contributed by atoms with E-state index in [1.54, 1.807) is 0 Å². The maximum absolute atomic E-state index is 13.1. The van der Waals surface area contributed by atoms with Gasteiger partial charge in [0.25, 0.3) is 0 Å². The highest BCUT2D eigenvalue weighted by molar-refractivity contribution is 5.40. The maximum atomic E-state index is 13.1. The van der Waals surface area contributed by atoms with Crippen molar-refractivity contribution in [1.82, 2.24) is 10.2 Å². The fourth-order valence-corrected chi connectivity index (χ4v) is 3.18. The maximum Gasteiger partial charge on any atom is 0.123 e. The van der Waals surface area contributed by atoms with Gasteiger partial charge in [0.2, 0.25) is 0 Å². The van der Waals surface area contributed by atoms with Crippen molar-refractivity contribution < 1.29 is 4.39 Å². The topological polar surface area (TPSA) is 28.7 Å². The molecule has 1 aliphatic rings. The molecule has 1 aromatic carbocycles. The van der Waals surface area contributed by atoms with Gasteiger partial charge in [-0.25, -0.2) is 4.39 Å². The molecular weight excluding hydrogens is 251 g/mol. The van der Waals surface area contributed by atoms with Crippen LogP contribution in [0, 0.1) is 5.82 Å². The van der Waals surface area contributed by atoms with Gasteiger partial charge < -0.3 is 0 Å². The summed E-state index contributed by atoms with van der Waals surface area (Å²) < 4.78 is 13.1. The Morgan fingerprint density at radius 2 is 1.75 bits per heavy atom. The SMILES string of the molecule is CC(C)(c1ccc(F)cc1)c1n[nH]c2c1CCCCC2. The van der Waals surface area contributed by atoms with Gasteiger partial charge in [-0.1, -0.05) is 32.4 Å². The van der Waals surface area contributed by atoms with Gasteiger partial charge in [-0.3, -0.25) is 5.10 Å². The van der Waals surface area contributed by atoms with E-state index in [4.69, 9.17) is 0 Å². The van der Waals surface area contributed by atoms with Crippen LogP contribution in [0.15, 0.2) is 24.3 Å². The van der Waals surface area contributed by atoms with Crippen molar-refractivity contribution in [3.8, 4) is 0 Å². The van der Waals surface area contributed by atoms with Crippen molar-refractivity contribution in [1.29, 1.82) is 0 Å². The first kappa shape index (κ1) is 13.3. The van der Waals surface area contributed by atoms with Crippen LogP contribution in [0.4, 0.5) is 4.39 Å². The highest BCUT2D eigenvalue weighted by Gasteiger charge is 2.30. The van der Waals surface area contributed by atoms with Crippen LogP contribution in [0.3, 0.4) is 0 Å². The molecule has 0 saturated carbocycles. The molecule has 3 rings (SSSR count). The summed E-state index contributed by atoms with van der Waals surface area (Å²) >= 11 is 0. The predicted octanol–water partition coefficient (Wildman–Crippen LogP) is 4.14. The standard InChI is InChI=1S/C17H21FN2/c1-17(2,12-8-10-13(18)11-9-12)16-14-6-4-3-5-7-15(14)19-20-16/h8-11H,3-7H2,1-2H3,(H,19,20). The molecule has 1 aromatic heterocycles. The lowest BCUT2D eigenvalue weighted by Gasteiger charge is -2.25. The number of rotatable bonds is 2. The molecule has 2 nitrogen and oxygen atoms in total. The molecule has 0 saturated heterocycles. The van der Waals surface area contributed by atoms with E-state index in [-0.39, 0.29) is 11.2 Å². The third-order valence-corrected chi connectivity index (χ3v) is 4.46. The molecular formula is C17H21FN2. The number of benzene rings is 1. The summed E-state index contributed by atoms with van der Waals surface area (Å²) in [7, 11) is 0. The molecule has 0 atom stereocenters. The Morgan fingerprint density at radius 3 is 2.50 bits per heavy atom. The molecule has 1 heterocycles. The largest absolute Gasteiger partial charge is 0.282 e. The Morgan fingerprint density at radius 1 is 1.05 bits per heavy atom. The van der Waals surface area contributed by atoms with Crippen LogP contribution in [0.5, 0.6) is 0 Å². The van der Waals surface area contributed by atoms with Crippen molar-refractivity contribution in [2.75, 3.05) is 0 Å². The number of fused-ring (bicyclic) bond motifs is 1. The molecule has 20 heavy (non-hydrogen) atoms. The van der Waals surface area contributed by atoms with E-state index in [1.165, 1.54) is 42.7 Å². The van der Waals surface area contributed by atoms with E-state index in [2.05, 4.69) is 24.0 Å². The van der Waals surface area contributed by atoms with E-state index < -0.39 is 0 Å². The minimum Gasteiger partial charge on any atom is -0.282 e. The highest BCUT2D eigenvalue weighted by atomic mass is 19.1. The summed E-state index contributed by atoms with van der Waals surface area (Å²) in [5.41, 5.74) is 4.73. The Labute approximate surface area is 119 Å². The van der Waals surface area contributed by atoms with Gasteiger partial charge in [-0.05, 0) is 48.9 Å². The Bertz CT molecular complexity index is 596. The summed E-state index contributed by atoms with van der Waals surface area (Å²) in [5.74, 6) is -0.189. The minimum atomic E-state index is -0.192. The smallest absolute Gasteiger partial charge is 0.123 e. The summed E-state index contributed by atoms with van der Waals surface area (Å²) in [6, 6.07) is 6.80. The zero-order valence-electron chi connectivity index (χ0n) is 12.2. The first-order valence-corrected chi connectivity index (χ1v) is 7.41. The third kappa shape index (κ3) is 2.26. The normalized spacial score (nSPS) is 15.8. The van der Waals surface area contributed by atoms with Gasteiger partial charge >= 0.3 is 0 Å². The van der Waals surface area contributed by atoms with Gasteiger partial charge in [0, 0.05) is 11.1 Å². The molecule has 3 heteroatoms. The first-order valence-electron chi connectivity index (χ1n) is 7.41. The number of H-pyrrole nitrogens is 1.